The number of pyridine rings is 2. The zero-order valence-electron chi connectivity index (χ0n) is 9.75. The van der Waals surface area contributed by atoms with Gasteiger partial charge in [0.2, 0.25) is 0 Å². The molecular formula is C12H12N4O2. The minimum absolute atomic E-state index is 0.244. The Morgan fingerprint density at radius 3 is 2.89 bits per heavy atom. The van der Waals surface area contributed by atoms with Crippen LogP contribution in [0, 0.1) is 0 Å². The maximum atomic E-state index is 11.5. The summed E-state index contributed by atoms with van der Waals surface area (Å²) in [4.78, 5) is 19.5. The molecule has 0 saturated carbocycles. The third-order valence-corrected chi connectivity index (χ3v) is 2.32. The van der Waals surface area contributed by atoms with Gasteiger partial charge in [0.25, 0.3) is 0 Å². The molecule has 2 rings (SSSR count). The number of aromatic nitrogens is 2. The summed E-state index contributed by atoms with van der Waals surface area (Å²) in [5.41, 5.74) is 7.12. The molecule has 2 aromatic heterocycles. The van der Waals surface area contributed by atoms with Gasteiger partial charge in [-0.25, -0.2) is 9.78 Å². The van der Waals surface area contributed by atoms with E-state index in [0.717, 1.165) is 5.69 Å². The predicted molar refractivity (Wildman–Crippen MR) is 67.5 cm³/mol. The summed E-state index contributed by atoms with van der Waals surface area (Å²) in [6.07, 6.45) is 4.78. The summed E-state index contributed by atoms with van der Waals surface area (Å²) < 4.78 is 4.64. The minimum atomic E-state index is -0.496. The molecule has 6 nitrogen and oxygen atoms in total. The van der Waals surface area contributed by atoms with E-state index in [1.807, 2.05) is 6.07 Å². The van der Waals surface area contributed by atoms with Gasteiger partial charge in [-0.15, -0.1) is 0 Å². The molecule has 2 aromatic rings. The number of ether oxygens (including phenoxy) is 1. The second kappa shape index (κ2) is 5.13. The van der Waals surface area contributed by atoms with Gasteiger partial charge in [0.1, 0.15) is 0 Å². The van der Waals surface area contributed by atoms with Gasteiger partial charge in [0.05, 0.1) is 30.2 Å². The van der Waals surface area contributed by atoms with E-state index in [1.54, 1.807) is 18.5 Å². The number of esters is 1. The highest BCUT2D eigenvalue weighted by Gasteiger charge is 2.13. The Morgan fingerprint density at radius 1 is 1.39 bits per heavy atom. The maximum absolute atomic E-state index is 11.5. The van der Waals surface area contributed by atoms with Gasteiger partial charge in [0.15, 0.2) is 5.82 Å². The Morgan fingerprint density at radius 2 is 2.22 bits per heavy atom. The summed E-state index contributed by atoms with van der Waals surface area (Å²) in [5.74, 6) is -0.102. The molecule has 0 aliphatic heterocycles. The molecule has 0 radical (unpaired) electrons. The lowest BCUT2D eigenvalue weighted by molar-refractivity contribution is 0.0602. The Kier molecular flexibility index (Phi) is 3.38. The predicted octanol–water partition coefficient (Wildman–Crippen LogP) is 1.59. The molecule has 0 spiro atoms. The van der Waals surface area contributed by atoms with Crippen LogP contribution in [0.3, 0.4) is 0 Å². The molecule has 18 heavy (non-hydrogen) atoms. The molecule has 3 N–H and O–H groups in total. The zero-order valence-corrected chi connectivity index (χ0v) is 9.75. The van der Waals surface area contributed by atoms with Crippen LogP contribution in [-0.2, 0) is 4.74 Å². The summed E-state index contributed by atoms with van der Waals surface area (Å²) in [5, 5.41) is 2.99. The average molecular weight is 244 g/mol. The Labute approximate surface area is 104 Å². The molecule has 0 aliphatic rings. The SMILES string of the molecule is COC(=O)c1ccnc(Nc2cccnc2)c1N. The third-order valence-electron chi connectivity index (χ3n) is 2.32. The van der Waals surface area contributed by atoms with Crippen LogP contribution in [-0.4, -0.2) is 23.0 Å². The number of carbonyl (C=O) groups excluding carboxylic acids is 1. The van der Waals surface area contributed by atoms with Crippen LogP contribution in [0.4, 0.5) is 17.2 Å². The molecule has 0 bridgehead atoms. The number of hydrogen-bond acceptors (Lipinski definition) is 6. The molecule has 92 valence electrons. The number of rotatable bonds is 3. The van der Waals surface area contributed by atoms with Crippen molar-refractivity contribution in [3.8, 4) is 0 Å². The van der Waals surface area contributed by atoms with E-state index in [4.69, 9.17) is 5.73 Å². The van der Waals surface area contributed by atoms with Crippen LogP contribution < -0.4 is 11.1 Å². The number of hydrogen-bond donors (Lipinski definition) is 2. The molecule has 0 unspecified atom stereocenters. The summed E-state index contributed by atoms with van der Waals surface area (Å²) >= 11 is 0. The van der Waals surface area contributed by atoms with Crippen LogP contribution in [0.25, 0.3) is 0 Å². The van der Waals surface area contributed by atoms with E-state index in [1.165, 1.54) is 19.4 Å². The van der Waals surface area contributed by atoms with Crippen LogP contribution >= 0.6 is 0 Å². The molecule has 0 amide bonds. The van der Waals surface area contributed by atoms with Gasteiger partial charge in [0, 0.05) is 12.4 Å². The molecule has 6 heteroatoms. The van der Waals surface area contributed by atoms with Gasteiger partial charge in [-0.05, 0) is 18.2 Å². The maximum Gasteiger partial charge on any atom is 0.340 e. The first kappa shape index (κ1) is 11.8. The van der Waals surface area contributed by atoms with E-state index >= 15 is 0 Å². The van der Waals surface area contributed by atoms with Crippen molar-refractivity contribution in [2.24, 2.45) is 0 Å². The van der Waals surface area contributed by atoms with Gasteiger partial charge >= 0.3 is 5.97 Å². The fourth-order valence-electron chi connectivity index (χ4n) is 1.43. The first-order valence-electron chi connectivity index (χ1n) is 5.22. The second-order valence-corrected chi connectivity index (χ2v) is 3.48. The fourth-order valence-corrected chi connectivity index (χ4v) is 1.43. The van der Waals surface area contributed by atoms with Gasteiger partial charge < -0.3 is 15.8 Å². The number of anilines is 3. The topological polar surface area (TPSA) is 90.1 Å². The summed E-state index contributed by atoms with van der Waals surface area (Å²) in [6.45, 7) is 0. The fraction of sp³-hybridized carbons (Fsp3) is 0.0833. The van der Waals surface area contributed by atoms with E-state index in [2.05, 4.69) is 20.0 Å². The van der Waals surface area contributed by atoms with Crippen LogP contribution in [0.5, 0.6) is 0 Å². The number of nitrogens with one attached hydrogen (secondary N) is 1. The number of nitrogens with zero attached hydrogens (tertiary/aromatic N) is 2. The Hall–Kier alpha value is -2.63. The van der Waals surface area contributed by atoms with Crippen LogP contribution in [0.1, 0.15) is 10.4 Å². The van der Waals surface area contributed by atoms with Crippen LogP contribution in [0.2, 0.25) is 0 Å². The number of nitrogens with two attached hydrogens (primary N) is 1. The molecule has 0 atom stereocenters. The van der Waals surface area contributed by atoms with Crippen molar-refractivity contribution in [1.82, 2.24) is 9.97 Å². The number of methoxy groups -OCH3 is 1. The highest BCUT2D eigenvalue weighted by molar-refractivity contribution is 5.97. The lowest BCUT2D eigenvalue weighted by atomic mass is 10.2. The van der Waals surface area contributed by atoms with Crippen molar-refractivity contribution in [2.75, 3.05) is 18.2 Å². The third kappa shape index (κ3) is 2.37. The standard InChI is InChI=1S/C12H12N4O2/c1-18-12(17)9-4-6-15-11(10(9)13)16-8-3-2-5-14-7-8/h2-7H,13H2,1H3,(H,15,16). The van der Waals surface area contributed by atoms with Crippen molar-refractivity contribution >= 4 is 23.2 Å². The molecule has 0 aromatic carbocycles. The molecular weight excluding hydrogens is 232 g/mol. The lowest BCUT2D eigenvalue weighted by Crippen LogP contribution is -2.09. The monoisotopic (exact) mass is 244 g/mol. The number of carbonyl (C=O) groups is 1. The number of nitrogen functional groups attached to an aromatic ring is 1. The van der Waals surface area contributed by atoms with E-state index in [-0.39, 0.29) is 11.3 Å². The molecule has 0 aliphatic carbocycles. The Bertz CT molecular complexity index is 557. The highest BCUT2D eigenvalue weighted by atomic mass is 16.5. The normalized spacial score (nSPS) is 9.83. The van der Waals surface area contributed by atoms with E-state index in [0.29, 0.717) is 5.82 Å². The van der Waals surface area contributed by atoms with E-state index < -0.39 is 5.97 Å². The Balaban J connectivity index is 2.32. The van der Waals surface area contributed by atoms with Crippen molar-refractivity contribution in [2.45, 2.75) is 0 Å². The first-order chi connectivity index (χ1) is 8.72. The summed E-state index contributed by atoms with van der Waals surface area (Å²) in [6, 6.07) is 5.11. The highest BCUT2D eigenvalue weighted by Crippen LogP contribution is 2.23. The van der Waals surface area contributed by atoms with Crippen molar-refractivity contribution < 1.29 is 9.53 Å². The average Bonchev–Trinajstić information content (AvgIpc) is 2.41. The van der Waals surface area contributed by atoms with Crippen molar-refractivity contribution in [1.29, 1.82) is 0 Å². The van der Waals surface area contributed by atoms with Crippen LogP contribution in [0.15, 0.2) is 36.8 Å². The zero-order chi connectivity index (χ0) is 13.0. The largest absolute Gasteiger partial charge is 0.465 e. The summed E-state index contributed by atoms with van der Waals surface area (Å²) in [7, 11) is 1.30. The smallest absolute Gasteiger partial charge is 0.340 e. The first-order valence-corrected chi connectivity index (χ1v) is 5.22. The lowest BCUT2D eigenvalue weighted by Gasteiger charge is -2.10. The minimum Gasteiger partial charge on any atom is -0.465 e. The molecule has 0 saturated heterocycles. The van der Waals surface area contributed by atoms with Gasteiger partial charge in [-0.1, -0.05) is 0 Å². The van der Waals surface area contributed by atoms with Crippen molar-refractivity contribution in [3.05, 3.63) is 42.4 Å². The van der Waals surface area contributed by atoms with E-state index in [9.17, 15) is 4.79 Å². The molecule has 2 heterocycles. The quantitative estimate of drug-likeness (QED) is 0.797. The molecule has 0 fully saturated rings. The second-order valence-electron chi connectivity index (χ2n) is 3.48. The van der Waals surface area contributed by atoms with Gasteiger partial charge in [-0.2, -0.15) is 0 Å². The van der Waals surface area contributed by atoms with Gasteiger partial charge in [-0.3, -0.25) is 4.98 Å². The van der Waals surface area contributed by atoms with Crippen molar-refractivity contribution in [3.63, 3.8) is 0 Å².